The van der Waals surface area contributed by atoms with Crippen LogP contribution in [-0.2, 0) is 27.2 Å². The van der Waals surface area contributed by atoms with Crippen LogP contribution in [0, 0.1) is 11.3 Å². The molecule has 1 aliphatic rings. The highest BCUT2D eigenvalue weighted by Gasteiger charge is 2.34. The van der Waals surface area contributed by atoms with E-state index in [1.165, 1.54) is 30.2 Å². The fourth-order valence-corrected chi connectivity index (χ4v) is 8.60. The SMILES string of the molecule is COC(=O)c1c(NC(=O)C(C)Sc2cccc(NC(=O)/C(=C/c3c[nH]c4ccccc34)NC(=O)c3ccccc3)c2)sc2c1CCC(C(C)(C)C)C2. The summed E-state index contributed by atoms with van der Waals surface area (Å²) in [6.45, 7) is 8.52. The van der Waals surface area contributed by atoms with Crippen molar-refractivity contribution in [3.05, 3.63) is 118 Å². The van der Waals surface area contributed by atoms with Gasteiger partial charge in [0.2, 0.25) is 5.91 Å². The number of para-hydroxylation sites is 1. The van der Waals surface area contributed by atoms with Crippen molar-refractivity contribution in [1.29, 1.82) is 0 Å². The van der Waals surface area contributed by atoms with Crippen molar-refractivity contribution in [3.8, 4) is 0 Å². The molecule has 0 radical (unpaired) electrons. The van der Waals surface area contributed by atoms with Crippen LogP contribution in [0.1, 0.15) is 70.8 Å². The molecule has 268 valence electrons. The Morgan fingerprint density at radius 3 is 2.48 bits per heavy atom. The van der Waals surface area contributed by atoms with Crippen molar-refractivity contribution < 1.29 is 23.9 Å². The van der Waals surface area contributed by atoms with Gasteiger partial charge in [0.15, 0.2) is 0 Å². The van der Waals surface area contributed by atoms with Crippen LogP contribution in [0.5, 0.6) is 0 Å². The zero-order valence-electron chi connectivity index (χ0n) is 29.8. The standard InChI is InChI=1S/C41H42N4O5S2/c1-24(36(46)45-39-35(40(49)50-5)31-19-18-27(41(2,3)4)21-34(31)52-39)51-29-15-11-14-28(22-29)43-38(48)33(44-37(47)25-12-7-6-8-13-25)20-26-23-42-32-17-10-9-16-30(26)32/h6-17,20,22-24,27,42H,18-19,21H2,1-5H3,(H,43,48)(H,44,47)(H,45,46)/b33-20-. The van der Waals surface area contributed by atoms with Crippen LogP contribution < -0.4 is 16.0 Å². The van der Waals surface area contributed by atoms with Gasteiger partial charge in [-0.2, -0.15) is 0 Å². The number of hydrogen-bond acceptors (Lipinski definition) is 7. The first-order valence-electron chi connectivity index (χ1n) is 17.2. The number of thioether (sulfide) groups is 1. The largest absolute Gasteiger partial charge is 0.465 e. The first-order chi connectivity index (χ1) is 24.9. The van der Waals surface area contributed by atoms with Gasteiger partial charge >= 0.3 is 5.97 Å². The lowest BCUT2D eigenvalue weighted by Crippen LogP contribution is -2.30. The number of carbonyl (C=O) groups is 4. The Labute approximate surface area is 311 Å². The lowest BCUT2D eigenvalue weighted by molar-refractivity contribution is -0.115. The summed E-state index contributed by atoms with van der Waals surface area (Å²) in [5.74, 6) is -1.13. The van der Waals surface area contributed by atoms with Crippen molar-refractivity contribution in [2.24, 2.45) is 11.3 Å². The van der Waals surface area contributed by atoms with Crippen molar-refractivity contribution in [2.45, 2.75) is 57.1 Å². The van der Waals surface area contributed by atoms with Crippen LogP contribution >= 0.6 is 23.1 Å². The molecule has 0 saturated heterocycles. The summed E-state index contributed by atoms with van der Waals surface area (Å²) in [6.07, 6.45) is 6.04. The van der Waals surface area contributed by atoms with Crippen LogP contribution in [0.15, 0.2) is 95.7 Å². The molecule has 0 spiro atoms. The molecule has 52 heavy (non-hydrogen) atoms. The normalized spacial score (nSPS) is 15.0. The van der Waals surface area contributed by atoms with Gasteiger partial charge in [-0.3, -0.25) is 14.4 Å². The fourth-order valence-electron chi connectivity index (χ4n) is 6.36. The highest BCUT2D eigenvalue weighted by Crippen LogP contribution is 2.44. The molecule has 2 unspecified atom stereocenters. The predicted octanol–water partition coefficient (Wildman–Crippen LogP) is 8.70. The summed E-state index contributed by atoms with van der Waals surface area (Å²) >= 11 is 2.80. The number of carbonyl (C=O) groups excluding carboxylic acids is 4. The van der Waals surface area contributed by atoms with E-state index in [4.69, 9.17) is 4.74 Å². The van der Waals surface area contributed by atoms with E-state index < -0.39 is 23.0 Å². The molecule has 2 heterocycles. The molecule has 0 fully saturated rings. The molecule has 9 nitrogen and oxygen atoms in total. The first kappa shape index (κ1) is 36.7. The Balaban J connectivity index is 1.17. The Morgan fingerprint density at radius 2 is 1.73 bits per heavy atom. The van der Waals surface area contributed by atoms with Gasteiger partial charge in [0.05, 0.1) is 17.9 Å². The second kappa shape index (κ2) is 15.6. The zero-order valence-corrected chi connectivity index (χ0v) is 31.4. The maximum absolute atomic E-state index is 13.7. The molecule has 3 aromatic carbocycles. The number of aromatic amines is 1. The average Bonchev–Trinajstić information content (AvgIpc) is 3.71. The lowest BCUT2D eigenvalue weighted by atomic mass is 9.72. The summed E-state index contributed by atoms with van der Waals surface area (Å²) in [6, 6.07) is 23.6. The second-order valence-electron chi connectivity index (χ2n) is 13.9. The zero-order chi connectivity index (χ0) is 37.0. The molecule has 11 heteroatoms. The highest BCUT2D eigenvalue weighted by atomic mass is 32.2. The van der Waals surface area contributed by atoms with E-state index in [0.717, 1.165) is 51.1 Å². The predicted molar refractivity (Wildman–Crippen MR) is 210 cm³/mol. The smallest absolute Gasteiger partial charge is 0.341 e. The van der Waals surface area contributed by atoms with Crippen LogP contribution in [-0.4, -0.2) is 41.0 Å². The third-order valence-corrected chi connectivity index (χ3v) is 11.6. The molecule has 6 rings (SSSR count). The van der Waals surface area contributed by atoms with E-state index in [-0.39, 0.29) is 17.0 Å². The number of methoxy groups -OCH3 is 1. The number of nitrogens with one attached hydrogen (secondary N) is 4. The summed E-state index contributed by atoms with van der Waals surface area (Å²) in [5.41, 5.74) is 4.21. The van der Waals surface area contributed by atoms with Gasteiger partial charge in [0, 0.05) is 43.7 Å². The Kier molecular flexibility index (Phi) is 11.0. The van der Waals surface area contributed by atoms with E-state index in [1.807, 2.05) is 36.4 Å². The fraction of sp³-hybridized carbons (Fsp3) is 0.268. The number of H-pyrrole nitrogens is 1. The number of ether oxygens (including phenoxy) is 1. The molecule has 2 atom stereocenters. The quantitative estimate of drug-likeness (QED) is 0.0646. The van der Waals surface area contributed by atoms with Crippen molar-refractivity contribution >= 4 is 74.5 Å². The van der Waals surface area contributed by atoms with Gasteiger partial charge in [0.1, 0.15) is 10.7 Å². The molecule has 0 saturated carbocycles. The number of benzene rings is 3. The Bertz CT molecular complexity index is 2160. The second-order valence-corrected chi connectivity index (χ2v) is 16.4. The van der Waals surface area contributed by atoms with E-state index >= 15 is 0 Å². The van der Waals surface area contributed by atoms with Gasteiger partial charge in [-0.25, -0.2) is 4.79 Å². The van der Waals surface area contributed by atoms with Gasteiger partial charge in [-0.1, -0.05) is 63.2 Å². The Hall–Kier alpha value is -5.13. The van der Waals surface area contributed by atoms with Crippen molar-refractivity contribution in [1.82, 2.24) is 10.3 Å². The first-order valence-corrected chi connectivity index (χ1v) is 18.9. The number of rotatable bonds is 10. The Morgan fingerprint density at radius 1 is 0.981 bits per heavy atom. The summed E-state index contributed by atoms with van der Waals surface area (Å²) < 4.78 is 5.13. The number of thiophene rings is 1. The number of hydrogen-bond donors (Lipinski definition) is 4. The van der Waals surface area contributed by atoms with E-state index in [1.54, 1.807) is 61.7 Å². The highest BCUT2D eigenvalue weighted by molar-refractivity contribution is 8.00. The van der Waals surface area contributed by atoms with Crippen LogP contribution in [0.3, 0.4) is 0 Å². The van der Waals surface area contributed by atoms with Crippen molar-refractivity contribution in [3.63, 3.8) is 0 Å². The minimum absolute atomic E-state index is 0.0679. The molecule has 0 aliphatic heterocycles. The summed E-state index contributed by atoms with van der Waals surface area (Å²) in [4.78, 5) is 58.4. The van der Waals surface area contributed by atoms with Crippen LogP contribution in [0.4, 0.5) is 10.7 Å². The molecule has 3 amide bonds. The van der Waals surface area contributed by atoms with Crippen molar-refractivity contribution in [2.75, 3.05) is 17.7 Å². The minimum Gasteiger partial charge on any atom is -0.465 e. The monoisotopic (exact) mass is 734 g/mol. The number of amides is 3. The third-order valence-electron chi connectivity index (χ3n) is 9.34. The molecule has 2 aromatic heterocycles. The molecule has 4 N–H and O–H groups in total. The van der Waals surface area contributed by atoms with Gasteiger partial charge < -0.3 is 25.7 Å². The average molecular weight is 735 g/mol. The summed E-state index contributed by atoms with van der Waals surface area (Å²) in [7, 11) is 1.36. The topological polar surface area (TPSA) is 129 Å². The van der Waals surface area contributed by atoms with Gasteiger partial charge in [-0.05, 0) is 85.6 Å². The minimum atomic E-state index is -0.527. The maximum atomic E-state index is 13.7. The third kappa shape index (κ3) is 8.32. The molecular formula is C41H42N4O5S2. The molecule has 5 aromatic rings. The summed E-state index contributed by atoms with van der Waals surface area (Å²) in [5, 5.41) is 9.63. The van der Waals surface area contributed by atoms with Crippen LogP contribution in [0.25, 0.3) is 17.0 Å². The molecule has 1 aliphatic carbocycles. The maximum Gasteiger partial charge on any atom is 0.341 e. The van der Waals surface area contributed by atoms with Crippen LogP contribution in [0.2, 0.25) is 0 Å². The molecular weight excluding hydrogens is 693 g/mol. The van der Waals surface area contributed by atoms with Gasteiger partial charge in [-0.15, -0.1) is 23.1 Å². The number of fused-ring (bicyclic) bond motifs is 2. The molecule has 0 bridgehead atoms. The van der Waals surface area contributed by atoms with E-state index in [9.17, 15) is 19.2 Å². The number of anilines is 2. The number of aromatic nitrogens is 1. The van der Waals surface area contributed by atoms with E-state index in [2.05, 4.69) is 41.7 Å². The number of esters is 1. The van der Waals surface area contributed by atoms with Gasteiger partial charge in [0.25, 0.3) is 11.8 Å². The lowest BCUT2D eigenvalue weighted by Gasteiger charge is -2.33. The van der Waals surface area contributed by atoms with E-state index in [0.29, 0.717) is 27.7 Å².